The molecule has 18 heavy (non-hydrogen) atoms. The van der Waals surface area contributed by atoms with Crippen molar-refractivity contribution in [1.29, 1.82) is 0 Å². The second-order valence-corrected chi connectivity index (χ2v) is 3.41. The van der Waals surface area contributed by atoms with Crippen LogP contribution in [-0.4, -0.2) is 30.9 Å². The number of hydrogen-bond donors (Lipinski definition) is 0. The minimum atomic E-state index is -0.126. The van der Waals surface area contributed by atoms with Crippen molar-refractivity contribution in [3.8, 4) is 0 Å². The summed E-state index contributed by atoms with van der Waals surface area (Å²) in [6, 6.07) is 0. The molecule has 0 fully saturated rings. The Bertz CT molecular complexity index is 351. The fraction of sp³-hybridized carbons (Fsp3) is 0.429. The van der Waals surface area contributed by atoms with Crippen molar-refractivity contribution in [3.63, 3.8) is 0 Å². The maximum Gasteiger partial charge on any atom is 0.257 e. The Morgan fingerprint density at radius 3 is 1.78 bits per heavy atom. The number of ether oxygens (including phenoxy) is 1. The number of carbonyl (C=O) groups excluding carboxylic acids is 2. The van der Waals surface area contributed by atoms with E-state index >= 15 is 0 Å². The van der Waals surface area contributed by atoms with Crippen LogP contribution >= 0.6 is 0 Å². The number of carbonyl (C=O) groups is 2. The lowest BCUT2D eigenvalue weighted by Crippen LogP contribution is -2.26. The molecule has 0 N–H and O–H groups in total. The van der Waals surface area contributed by atoms with Crippen LogP contribution in [-0.2, 0) is 14.3 Å². The first-order valence-electron chi connectivity index (χ1n) is 5.96. The summed E-state index contributed by atoms with van der Waals surface area (Å²) in [6.07, 6.45) is 6.47. The van der Waals surface area contributed by atoms with Crippen LogP contribution in [0.3, 0.4) is 0 Å². The van der Waals surface area contributed by atoms with Crippen LogP contribution in [0.4, 0.5) is 0 Å². The molecule has 0 aromatic rings. The first-order chi connectivity index (χ1) is 8.63. The second kappa shape index (κ2) is 8.28. The molecule has 0 unspecified atom stereocenters. The van der Waals surface area contributed by atoms with Crippen LogP contribution in [0.25, 0.3) is 0 Å². The lowest BCUT2D eigenvalue weighted by atomic mass is 9.99. The van der Waals surface area contributed by atoms with Crippen molar-refractivity contribution in [1.82, 2.24) is 4.90 Å². The quantitative estimate of drug-likeness (QED) is 0.408. The van der Waals surface area contributed by atoms with Gasteiger partial charge in [-0.2, -0.15) is 0 Å². The number of imide groups is 1. The average molecular weight is 251 g/mol. The van der Waals surface area contributed by atoms with Gasteiger partial charge in [0, 0.05) is 18.2 Å². The molecule has 0 saturated heterocycles. The van der Waals surface area contributed by atoms with Gasteiger partial charge in [-0.05, 0) is 12.8 Å². The molecule has 2 amide bonds. The lowest BCUT2D eigenvalue weighted by Gasteiger charge is -2.04. The normalized spacial score (nSPS) is 16.3. The molecule has 0 saturated carbocycles. The van der Waals surface area contributed by atoms with E-state index in [9.17, 15) is 9.59 Å². The van der Waals surface area contributed by atoms with Crippen molar-refractivity contribution in [2.45, 2.75) is 26.7 Å². The number of likely N-dealkylation sites (N-methyl/N-ethyl adjacent to an activating group) is 1. The van der Waals surface area contributed by atoms with E-state index < -0.39 is 0 Å². The van der Waals surface area contributed by atoms with Crippen molar-refractivity contribution < 1.29 is 14.3 Å². The largest absolute Gasteiger partial charge is 0.505 e. The van der Waals surface area contributed by atoms with E-state index in [1.165, 1.54) is 18.2 Å². The van der Waals surface area contributed by atoms with Gasteiger partial charge in [0.15, 0.2) is 0 Å². The SMILES string of the molecule is C=COC.CC.CN1C(=O)C2=C(CC=CC2)C1=O. The molecule has 4 heteroatoms. The minimum absolute atomic E-state index is 0.126. The zero-order valence-electron chi connectivity index (χ0n) is 11.5. The third-order valence-electron chi connectivity index (χ3n) is 2.47. The lowest BCUT2D eigenvalue weighted by molar-refractivity contribution is -0.135. The molecule has 1 aliphatic carbocycles. The topological polar surface area (TPSA) is 46.6 Å². The van der Waals surface area contributed by atoms with E-state index in [-0.39, 0.29) is 11.8 Å². The molecule has 0 radical (unpaired) electrons. The van der Waals surface area contributed by atoms with Gasteiger partial charge in [0.05, 0.1) is 13.4 Å². The predicted molar refractivity (Wildman–Crippen MR) is 71.7 cm³/mol. The molecule has 0 aromatic heterocycles. The highest BCUT2D eigenvalue weighted by molar-refractivity contribution is 6.19. The van der Waals surface area contributed by atoms with Crippen molar-refractivity contribution in [3.05, 3.63) is 36.1 Å². The maximum atomic E-state index is 11.4. The van der Waals surface area contributed by atoms with Gasteiger partial charge in [0.2, 0.25) is 0 Å². The summed E-state index contributed by atoms with van der Waals surface area (Å²) in [6.45, 7) is 7.26. The molecule has 0 spiro atoms. The number of rotatable bonds is 1. The van der Waals surface area contributed by atoms with Crippen molar-refractivity contribution in [2.24, 2.45) is 0 Å². The van der Waals surface area contributed by atoms with Crippen LogP contribution in [0.5, 0.6) is 0 Å². The number of hydrogen-bond acceptors (Lipinski definition) is 3. The number of nitrogens with zero attached hydrogens (tertiary/aromatic N) is 1. The first-order valence-corrected chi connectivity index (χ1v) is 5.96. The zero-order chi connectivity index (χ0) is 14.1. The summed E-state index contributed by atoms with van der Waals surface area (Å²) >= 11 is 0. The highest BCUT2D eigenvalue weighted by Gasteiger charge is 2.34. The van der Waals surface area contributed by atoms with Crippen LogP contribution in [0.1, 0.15) is 26.7 Å². The maximum absolute atomic E-state index is 11.4. The Balaban J connectivity index is 0.000000415. The number of allylic oxidation sites excluding steroid dienone is 2. The van der Waals surface area contributed by atoms with E-state index in [4.69, 9.17) is 0 Å². The summed E-state index contributed by atoms with van der Waals surface area (Å²) in [5.41, 5.74) is 1.37. The third kappa shape index (κ3) is 3.58. The first kappa shape index (κ1) is 16.2. The average Bonchev–Trinajstić information content (AvgIpc) is 2.67. The Morgan fingerprint density at radius 2 is 1.50 bits per heavy atom. The Hall–Kier alpha value is -1.84. The smallest absolute Gasteiger partial charge is 0.257 e. The van der Waals surface area contributed by atoms with Gasteiger partial charge < -0.3 is 4.74 Å². The molecular weight excluding hydrogens is 230 g/mol. The molecule has 0 atom stereocenters. The van der Waals surface area contributed by atoms with Crippen LogP contribution < -0.4 is 0 Å². The van der Waals surface area contributed by atoms with E-state index in [1.54, 1.807) is 7.11 Å². The van der Waals surface area contributed by atoms with Gasteiger partial charge in [-0.15, -0.1) is 0 Å². The van der Waals surface area contributed by atoms with E-state index in [0.717, 1.165) is 0 Å². The molecule has 2 aliphatic rings. The summed E-state index contributed by atoms with van der Waals surface area (Å²) in [7, 11) is 3.09. The Morgan fingerprint density at radius 1 is 1.17 bits per heavy atom. The van der Waals surface area contributed by atoms with Gasteiger partial charge in [-0.25, -0.2) is 0 Å². The highest BCUT2D eigenvalue weighted by Crippen LogP contribution is 2.28. The standard InChI is InChI=1S/C9H9NO2.C3H6O.C2H6/c1-10-8(11)6-4-2-3-5-7(6)9(10)12;1-3-4-2;1-2/h2-3H,4-5H2,1H3;3H,1H2,2H3;1-2H3. The fourth-order valence-electron chi connectivity index (χ4n) is 1.58. The van der Waals surface area contributed by atoms with E-state index in [2.05, 4.69) is 11.3 Å². The van der Waals surface area contributed by atoms with Crippen LogP contribution in [0, 0.1) is 0 Å². The fourth-order valence-corrected chi connectivity index (χ4v) is 1.58. The summed E-state index contributed by atoms with van der Waals surface area (Å²) in [5, 5.41) is 0. The molecule has 0 bridgehead atoms. The van der Waals surface area contributed by atoms with E-state index in [1.807, 2.05) is 26.0 Å². The molecule has 1 heterocycles. The molecule has 2 rings (SSSR count). The van der Waals surface area contributed by atoms with Crippen LogP contribution in [0.2, 0.25) is 0 Å². The monoisotopic (exact) mass is 251 g/mol. The molecule has 0 aromatic carbocycles. The molecular formula is C14H21NO3. The Labute approximate surface area is 109 Å². The van der Waals surface area contributed by atoms with Crippen molar-refractivity contribution >= 4 is 11.8 Å². The highest BCUT2D eigenvalue weighted by atomic mass is 16.5. The zero-order valence-corrected chi connectivity index (χ0v) is 11.5. The van der Waals surface area contributed by atoms with E-state index in [0.29, 0.717) is 24.0 Å². The summed E-state index contributed by atoms with van der Waals surface area (Å²) in [5.74, 6) is -0.251. The number of methoxy groups -OCH3 is 1. The van der Waals surface area contributed by atoms with Gasteiger partial charge >= 0.3 is 0 Å². The number of amides is 2. The van der Waals surface area contributed by atoms with Gasteiger partial charge in [0.25, 0.3) is 11.8 Å². The summed E-state index contributed by atoms with van der Waals surface area (Å²) < 4.78 is 4.31. The van der Waals surface area contributed by atoms with Crippen molar-refractivity contribution in [2.75, 3.05) is 14.2 Å². The third-order valence-corrected chi connectivity index (χ3v) is 2.47. The van der Waals surface area contributed by atoms with Crippen LogP contribution in [0.15, 0.2) is 36.1 Å². The van der Waals surface area contributed by atoms with Gasteiger partial charge in [-0.1, -0.05) is 32.6 Å². The second-order valence-electron chi connectivity index (χ2n) is 3.41. The Kier molecular flexibility index (Phi) is 7.43. The molecule has 4 nitrogen and oxygen atoms in total. The molecule has 1 aliphatic heterocycles. The predicted octanol–water partition coefficient (Wildman–Crippen LogP) is 2.43. The minimum Gasteiger partial charge on any atom is -0.505 e. The molecule has 100 valence electrons. The van der Waals surface area contributed by atoms with Gasteiger partial charge in [-0.3, -0.25) is 14.5 Å². The van der Waals surface area contributed by atoms with Gasteiger partial charge in [0.1, 0.15) is 0 Å². The summed E-state index contributed by atoms with van der Waals surface area (Å²) in [4.78, 5) is 23.9.